The summed E-state index contributed by atoms with van der Waals surface area (Å²) in [6, 6.07) is 14.8. The van der Waals surface area contributed by atoms with Crippen molar-refractivity contribution in [2.24, 2.45) is 5.41 Å². The second-order valence-electron chi connectivity index (χ2n) is 8.36. The smallest absolute Gasteiger partial charge is 0.123 e. The van der Waals surface area contributed by atoms with Crippen molar-refractivity contribution in [1.29, 1.82) is 0 Å². The monoisotopic (exact) mass is 389 g/mol. The van der Waals surface area contributed by atoms with Crippen molar-refractivity contribution in [2.45, 2.75) is 51.7 Å². The summed E-state index contributed by atoms with van der Waals surface area (Å²) in [6.07, 6.45) is 4.09. The van der Waals surface area contributed by atoms with Crippen LogP contribution < -0.4 is 5.32 Å². The van der Waals surface area contributed by atoms with Gasteiger partial charge in [0.25, 0.3) is 0 Å². The molecular formula is C23H29ClFNO. The summed E-state index contributed by atoms with van der Waals surface area (Å²) in [6.45, 7) is 6.81. The van der Waals surface area contributed by atoms with Gasteiger partial charge in [0.15, 0.2) is 0 Å². The minimum Gasteiger partial charge on any atom is -0.376 e. The van der Waals surface area contributed by atoms with Gasteiger partial charge in [0.2, 0.25) is 0 Å². The van der Waals surface area contributed by atoms with Crippen molar-refractivity contribution in [3.63, 3.8) is 0 Å². The molecule has 27 heavy (non-hydrogen) atoms. The van der Waals surface area contributed by atoms with E-state index in [9.17, 15) is 4.39 Å². The zero-order chi connectivity index (χ0) is 19.3. The van der Waals surface area contributed by atoms with Crippen LogP contribution in [0.4, 0.5) is 4.39 Å². The van der Waals surface area contributed by atoms with E-state index < -0.39 is 0 Å². The van der Waals surface area contributed by atoms with Crippen LogP contribution in [0.1, 0.15) is 44.2 Å². The Kier molecular flexibility index (Phi) is 6.56. The number of benzene rings is 2. The quantitative estimate of drug-likeness (QED) is 0.606. The number of nitrogens with one attached hydrogen (secondary N) is 1. The second kappa shape index (κ2) is 8.72. The molecule has 2 aromatic rings. The molecule has 1 aliphatic rings. The van der Waals surface area contributed by atoms with Crippen LogP contribution in [0.25, 0.3) is 0 Å². The molecule has 0 unspecified atom stereocenters. The SMILES string of the molecule is CC1(C)C[C@](CCNCc2ccc(F)cc2)(Cc2ccccc2Cl)CCO1. The topological polar surface area (TPSA) is 21.3 Å². The van der Waals surface area contributed by atoms with Crippen LogP contribution in [0, 0.1) is 11.2 Å². The molecule has 2 aromatic carbocycles. The molecule has 2 nitrogen and oxygen atoms in total. The first kappa shape index (κ1) is 20.3. The van der Waals surface area contributed by atoms with Crippen LogP contribution in [0.15, 0.2) is 48.5 Å². The summed E-state index contributed by atoms with van der Waals surface area (Å²) in [4.78, 5) is 0. The predicted octanol–water partition coefficient (Wildman–Crippen LogP) is 5.78. The molecule has 1 fully saturated rings. The van der Waals surface area contributed by atoms with E-state index in [1.54, 1.807) is 0 Å². The molecular weight excluding hydrogens is 361 g/mol. The molecule has 1 aliphatic heterocycles. The average molecular weight is 390 g/mol. The van der Waals surface area contributed by atoms with E-state index in [4.69, 9.17) is 16.3 Å². The highest BCUT2D eigenvalue weighted by atomic mass is 35.5. The number of halogens is 2. The van der Waals surface area contributed by atoms with Crippen LogP contribution in [-0.2, 0) is 17.7 Å². The zero-order valence-electron chi connectivity index (χ0n) is 16.2. The fourth-order valence-electron chi connectivity index (χ4n) is 4.27. The summed E-state index contributed by atoms with van der Waals surface area (Å²) in [5.41, 5.74) is 2.37. The average Bonchev–Trinajstić information content (AvgIpc) is 2.62. The minimum atomic E-state index is -0.193. The predicted molar refractivity (Wildman–Crippen MR) is 110 cm³/mol. The molecule has 0 saturated carbocycles. The summed E-state index contributed by atoms with van der Waals surface area (Å²) >= 11 is 6.45. The molecule has 1 heterocycles. The van der Waals surface area contributed by atoms with Gasteiger partial charge in [-0.05, 0) is 80.8 Å². The first-order chi connectivity index (χ1) is 12.9. The Bertz CT molecular complexity index is 746. The second-order valence-corrected chi connectivity index (χ2v) is 8.76. The molecule has 146 valence electrons. The molecule has 1 saturated heterocycles. The summed E-state index contributed by atoms with van der Waals surface area (Å²) in [5, 5.41) is 4.37. The fraction of sp³-hybridized carbons (Fsp3) is 0.478. The molecule has 1 N–H and O–H groups in total. The third kappa shape index (κ3) is 5.78. The molecule has 0 aliphatic carbocycles. The fourth-order valence-corrected chi connectivity index (χ4v) is 4.48. The van der Waals surface area contributed by atoms with Crippen molar-refractivity contribution in [2.75, 3.05) is 13.2 Å². The zero-order valence-corrected chi connectivity index (χ0v) is 17.0. The van der Waals surface area contributed by atoms with E-state index in [1.807, 2.05) is 24.3 Å². The maximum Gasteiger partial charge on any atom is 0.123 e. The lowest BCUT2D eigenvalue weighted by atomic mass is 9.68. The third-order valence-corrected chi connectivity index (χ3v) is 5.89. The van der Waals surface area contributed by atoms with E-state index in [0.717, 1.165) is 56.0 Å². The number of hydrogen-bond donors (Lipinski definition) is 1. The van der Waals surface area contributed by atoms with Gasteiger partial charge in [-0.15, -0.1) is 0 Å². The van der Waals surface area contributed by atoms with Gasteiger partial charge in [0, 0.05) is 18.2 Å². The first-order valence-corrected chi connectivity index (χ1v) is 10.1. The normalized spacial score (nSPS) is 21.9. The van der Waals surface area contributed by atoms with E-state index >= 15 is 0 Å². The summed E-state index contributed by atoms with van der Waals surface area (Å²) < 4.78 is 19.0. The number of hydrogen-bond acceptors (Lipinski definition) is 2. The Labute approximate surface area is 167 Å². The largest absolute Gasteiger partial charge is 0.376 e. The van der Waals surface area contributed by atoms with Crippen LogP contribution in [0.5, 0.6) is 0 Å². The minimum absolute atomic E-state index is 0.115. The van der Waals surface area contributed by atoms with Gasteiger partial charge < -0.3 is 10.1 Å². The maximum atomic E-state index is 13.0. The molecule has 3 rings (SSSR count). The Hall–Kier alpha value is -1.42. The molecule has 0 aromatic heterocycles. The van der Waals surface area contributed by atoms with Crippen molar-refractivity contribution in [1.82, 2.24) is 5.32 Å². The highest BCUT2D eigenvalue weighted by Crippen LogP contribution is 2.44. The van der Waals surface area contributed by atoms with Crippen LogP contribution >= 0.6 is 11.6 Å². The Balaban J connectivity index is 1.65. The third-order valence-electron chi connectivity index (χ3n) is 5.52. The van der Waals surface area contributed by atoms with Gasteiger partial charge in [-0.3, -0.25) is 0 Å². The standard InChI is InChI=1S/C23H29ClFNO/c1-22(2)17-23(12-14-27-22,15-19-5-3-4-6-21(19)24)11-13-26-16-18-7-9-20(25)10-8-18/h3-10,26H,11-17H2,1-2H3/t23-/m0/s1. The van der Waals surface area contributed by atoms with Gasteiger partial charge in [0.05, 0.1) is 5.60 Å². The number of ether oxygens (including phenoxy) is 1. The lowest BCUT2D eigenvalue weighted by Gasteiger charge is -2.45. The van der Waals surface area contributed by atoms with E-state index in [2.05, 4.69) is 31.3 Å². The number of rotatable bonds is 7. The summed E-state index contributed by atoms with van der Waals surface area (Å²) in [5.74, 6) is -0.193. The lowest BCUT2D eigenvalue weighted by molar-refractivity contribution is -0.107. The molecule has 1 atom stereocenters. The van der Waals surface area contributed by atoms with E-state index in [-0.39, 0.29) is 16.8 Å². The molecule has 0 radical (unpaired) electrons. The van der Waals surface area contributed by atoms with E-state index in [1.165, 1.54) is 17.7 Å². The summed E-state index contributed by atoms with van der Waals surface area (Å²) in [7, 11) is 0. The first-order valence-electron chi connectivity index (χ1n) is 9.70. The highest BCUT2D eigenvalue weighted by Gasteiger charge is 2.40. The molecule has 4 heteroatoms. The Morgan fingerprint density at radius 3 is 2.56 bits per heavy atom. The van der Waals surface area contributed by atoms with Crippen LogP contribution in [-0.4, -0.2) is 18.8 Å². The van der Waals surface area contributed by atoms with Gasteiger partial charge in [-0.1, -0.05) is 41.9 Å². The van der Waals surface area contributed by atoms with Gasteiger partial charge in [-0.2, -0.15) is 0 Å². The molecule has 0 spiro atoms. The Morgan fingerprint density at radius 2 is 1.85 bits per heavy atom. The van der Waals surface area contributed by atoms with Crippen molar-refractivity contribution >= 4 is 11.6 Å². The van der Waals surface area contributed by atoms with Gasteiger partial charge in [-0.25, -0.2) is 4.39 Å². The van der Waals surface area contributed by atoms with Crippen LogP contribution in [0.2, 0.25) is 5.02 Å². The van der Waals surface area contributed by atoms with Crippen molar-refractivity contribution in [3.05, 3.63) is 70.5 Å². The lowest BCUT2D eigenvalue weighted by Crippen LogP contribution is -2.43. The van der Waals surface area contributed by atoms with Gasteiger partial charge in [0.1, 0.15) is 5.82 Å². The van der Waals surface area contributed by atoms with E-state index in [0.29, 0.717) is 0 Å². The van der Waals surface area contributed by atoms with Crippen LogP contribution in [0.3, 0.4) is 0 Å². The van der Waals surface area contributed by atoms with Gasteiger partial charge >= 0.3 is 0 Å². The van der Waals surface area contributed by atoms with Crippen molar-refractivity contribution in [3.8, 4) is 0 Å². The molecule has 0 amide bonds. The van der Waals surface area contributed by atoms with Crippen molar-refractivity contribution < 1.29 is 9.13 Å². The highest BCUT2D eigenvalue weighted by molar-refractivity contribution is 6.31. The maximum absolute atomic E-state index is 13.0. The Morgan fingerprint density at radius 1 is 1.11 bits per heavy atom. The molecule has 0 bridgehead atoms.